The molecule has 0 aliphatic rings. The van der Waals surface area contributed by atoms with Gasteiger partial charge in [0.15, 0.2) is 0 Å². The van der Waals surface area contributed by atoms with Crippen molar-refractivity contribution < 1.29 is 4.39 Å². The van der Waals surface area contributed by atoms with Crippen molar-refractivity contribution in [1.82, 2.24) is 0 Å². The smallest absolute Gasteiger partial charge is 0.142 e. The monoisotopic (exact) mass is 250 g/mol. The van der Waals surface area contributed by atoms with E-state index in [4.69, 9.17) is 11.6 Å². The Balaban J connectivity index is 2.96. The zero-order chi connectivity index (χ0) is 9.14. The fourth-order valence-electron chi connectivity index (χ4n) is 0.943. The Hall–Kier alpha value is -0.0800. The van der Waals surface area contributed by atoms with E-state index in [0.29, 0.717) is 0 Å². The minimum absolute atomic E-state index is 0.176. The summed E-state index contributed by atoms with van der Waals surface area (Å²) in [6.45, 7) is 2.03. The van der Waals surface area contributed by atoms with Crippen LogP contribution in [0.2, 0.25) is 5.02 Å². The van der Waals surface area contributed by atoms with Gasteiger partial charge in [0.25, 0.3) is 0 Å². The minimum atomic E-state index is -0.355. The van der Waals surface area contributed by atoms with E-state index in [-0.39, 0.29) is 15.7 Å². The van der Waals surface area contributed by atoms with Gasteiger partial charge in [-0.1, -0.05) is 40.5 Å². The fraction of sp³-hybridized carbons (Fsp3) is 0.333. The maximum absolute atomic E-state index is 12.9. The summed E-state index contributed by atoms with van der Waals surface area (Å²) in [7, 11) is 0. The third-order valence-corrected chi connectivity index (χ3v) is 3.15. The highest BCUT2D eigenvalue weighted by molar-refractivity contribution is 9.09. The Bertz CT molecular complexity index is 275. The first kappa shape index (κ1) is 10.0. The molecule has 1 aromatic carbocycles. The molecule has 3 heteroatoms. The lowest BCUT2D eigenvalue weighted by Crippen LogP contribution is -1.88. The van der Waals surface area contributed by atoms with Crippen LogP contribution >= 0.6 is 27.5 Å². The molecule has 0 aliphatic carbocycles. The average molecular weight is 252 g/mol. The normalized spacial score (nSPS) is 13.0. The molecule has 0 amide bonds. The molecule has 0 radical (unpaired) electrons. The van der Waals surface area contributed by atoms with Crippen LogP contribution in [0.4, 0.5) is 4.39 Å². The second-order valence-corrected chi connectivity index (χ2v) is 4.06. The summed E-state index contributed by atoms with van der Waals surface area (Å²) in [4.78, 5) is 0.212. The summed E-state index contributed by atoms with van der Waals surface area (Å²) in [6, 6.07) is 4.87. The van der Waals surface area contributed by atoms with Crippen molar-refractivity contribution >= 4 is 27.5 Å². The second-order valence-electron chi connectivity index (χ2n) is 2.55. The van der Waals surface area contributed by atoms with E-state index in [9.17, 15) is 4.39 Å². The molecule has 66 valence electrons. The Morgan fingerprint density at radius 1 is 1.58 bits per heavy atom. The van der Waals surface area contributed by atoms with Gasteiger partial charge >= 0.3 is 0 Å². The molecule has 1 unspecified atom stereocenters. The molecule has 0 fully saturated rings. The van der Waals surface area contributed by atoms with Gasteiger partial charge in [-0.15, -0.1) is 0 Å². The predicted octanol–water partition coefficient (Wildman–Crippen LogP) is 4.33. The molecule has 0 aliphatic heterocycles. The molecule has 0 aromatic heterocycles. The van der Waals surface area contributed by atoms with Crippen molar-refractivity contribution in [3.05, 3.63) is 34.6 Å². The molecule has 0 heterocycles. The highest BCUT2D eigenvalue weighted by atomic mass is 79.9. The number of rotatable bonds is 2. The molecule has 0 saturated carbocycles. The zero-order valence-corrected chi connectivity index (χ0v) is 8.99. The minimum Gasteiger partial charge on any atom is -0.205 e. The SMILES string of the molecule is CCC(Br)c1ccc(Cl)c(F)c1. The van der Waals surface area contributed by atoms with Crippen LogP contribution in [0.5, 0.6) is 0 Å². The largest absolute Gasteiger partial charge is 0.205 e. The van der Waals surface area contributed by atoms with Crippen LogP contribution in [0.1, 0.15) is 23.7 Å². The van der Waals surface area contributed by atoms with E-state index in [1.165, 1.54) is 6.07 Å². The first-order chi connectivity index (χ1) is 5.65. The Kier molecular flexibility index (Phi) is 3.53. The van der Waals surface area contributed by atoms with Crippen LogP contribution in [0, 0.1) is 5.82 Å². The fourth-order valence-corrected chi connectivity index (χ4v) is 1.35. The third kappa shape index (κ3) is 2.20. The lowest BCUT2D eigenvalue weighted by molar-refractivity contribution is 0.625. The van der Waals surface area contributed by atoms with Crippen molar-refractivity contribution in [2.24, 2.45) is 0 Å². The first-order valence-corrected chi connectivity index (χ1v) is 5.03. The van der Waals surface area contributed by atoms with Gasteiger partial charge in [0, 0.05) is 4.83 Å². The molecule has 1 rings (SSSR count). The van der Waals surface area contributed by atoms with Crippen LogP contribution < -0.4 is 0 Å². The van der Waals surface area contributed by atoms with E-state index >= 15 is 0 Å². The third-order valence-electron chi connectivity index (χ3n) is 1.66. The molecular weight excluding hydrogens is 242 g/mol. The zero-order valence-electron chi connectivity index (χ0n) is 6.65. The summed E-state index contributed by atoms with van der Waals surface area (Å²) in [5.74, 6) is -0.355. The van der Waals surface area contributed by atoms with Gasteiger partial charge in [-0.05, 0) is 24.1 Å². The summed E-state index contributed by atoms with van der Waals surface area (Å²) in [6.07, 6.45) is 0.932. The summed E-state index contributed by atoms with van der Waals surface area (Å²) >= 11 is 8.97. The van der Waals surface area contributed by atoms with Crippen LogP contribution in [0.25, 0.3) is 0 Å². The maximum atomic E-state index is 12.9. The predicted molar refractivity (Wildman–Crippen MR) is 53.4 cm³/mol. The van der Waals surface area contributed by atoms with E-state index < -0.39 is 0 Å². The van der Waals surface area contributed by atoms with Crippen LogP contribution in [-0.4, -0.2) is 0 Å². The van der Waals surface area contributed by atoms with Gasteiger partial charge < -0.3 is 0 Å². The van der Waals surface area contributed by atoms with Crippen molar-refractivity contribution in [3.63, 3.8) is 0 Å². The molecular formula is C9H9BrClF. The molecule has 0 nitrogen and oxygen atoms in total. The standard InChI is InChI=1S/C9H9BrClF/c1-2-7(10)6-3-4-8(11)9(12)5-6/h3-5,7H,2H2,1H3. The van der Waals surface area contributed by atoms with Gasteiger partial charge in [-0.3, -0.25) is 0 Å². The molecule has 0 saturated heterocycles. The molecule has 0 N–H and O–H groups in total. The van der Waals surface area contributed by atoms with Gasteiger partial charge in [0.05, 0.1) is 5.02 Å². The Labute approximate surface area is 84.9 Å². The van der Waals surface area contributed by atoms with Gasteiger partial charge in [-0.2, -0.15) is 0 Å². The molecule has 0 bridgehead atoms. The highest BCUT2D eigenvalue weighted by Gasteiger charge is 2.07. The molecule has 1 aromatic rings. The highest BCUT2D eigenvalue weighted by Crippen LogP contribution is 2.28. The van der Waals surface area contributed by atoms with Crippen LogP contribution in [0.15, 0.2) is 18.2 Å². The Morgan fingerprint density at radius 2 is 2.25 bits per heavy atom. The Morgan fingerprint density at radius 3 is 2.75 bits per heavy atom. The molecule has 1 atom stereocenters. The van der Waals surface area contributed by atoms with E-state index in [0.717, 1.165) is 12.0 Å². The summed E-state index contributed by atoms with van der Waals surface area (Å²) in [5.41, 5.74) is 0.930. The number of hydrogen-bond acceptors (Lipinski definition) is 0. The number of halogens is 3. The lowest BCUT2D eigenvalue weighted by Gasteiger charge is -2.06. The van der Waals surface area contributed by atoms with Gasteiger partial charge in [-0.25, -0.2) is 4.39 Å². The van der Waals surface area contributed by atoms with Crippen molar-refractivity contribution in [2.45, 2.75) is 18.2 Å². The first-order valence-electron chi connectivity index (χ1n) is 3.74. The topological polar surface area (TPSA) is 0 Å². The van der Waals surface area contributed by atoms with Crippen molar-refractivity contribution in [1.29, 1.82) is 0 Å². The number of benzene rings is 1. The second kappa shape index (κ2) is 4.24. The van der Waals surface area contributed by atoms with E-state index in [1.807, 2.05) is 13.0 Å². The van der Waals surface area contributed by atoms with Crippen LogP contribution in [-0.2, 0) is 0 Å². The van der Waals surface area contributed by atoms with Gasteiger partial charge in [0.1, 0.15) is 5.82 Å². The average Bonchev–Trinajstić information content (AvgIpc) is 2.08. The lowest BCUT2D eigenvalue weighted by atomic mass is 10.1. The van der Waals surface area contributed by atoms with E-state index in [1.54, 1.807) is 6.07 Å². The van der Waals surface area contributed by atoms with Gasteiger partial charge in [0.2, 0.25) is 0 Å². The number of hydrogen-bond donors (Lipinski definition) is 0. The van der Waals surface area contributed by atoms with Crippen LogP contribution in [0.3, 0.4) is 0 Å². The molecule has 12 heavy (non-hydrogen) atoms. The summed E-state index contributed by atoms with van der Waals surface area (Å²) in [5, 5.41) is 0.176. The van der Waals surface area contributed by atoms with E-state index in [2.05, 4.69) is 15.9 Å². The number of alkyl halides is 1. The quantitative estimate of drug-likeness (QED) is 0.687. The maximum Gasteiger partial charge on any atom is 0.142 e. The van der Waals surface area contributed by atoms with Crippen molar-refractivity contribution in [2.75, 3.05) is 0 Å². The summed E-state index contributed by atoms with van der Waals surface area (Å²) < 4.78 is 12.9. The molecule has 0 spiro atoms. The van der Waals surface area contributed by atoms with Crippen molar-refractivity contribution in [3.8, 4) is 0 Å².